The van der Waals surface area contributed by atoms with Crippen molar-refractivity contribution in [3.8, 4) is 11.5 Å². The number of nitrogens with zero attached hydrogens (tertiary/aromatic N) is 1. The maximum Gasteiger partial charge on any atom is 0.165 e. The van der Waals surface area contributed by atoms with E-state index in [1.165, 1.54) is 0 Å². The summed E-state index contributed by atoms with van der Waals surface area (Å²) in [5.74, 6) is 0.894. The molecule has 5 rings (SSSR count). The SMILES string of the molecule is C=CCc1cc(C2C3=C(CC(C)(C)CC3=O)N(CCCOC)C3=C2C(=O)CC(C)(C)C3)cc(OC)c1OCc1ccccc1Cl. The summed E-state index contributed by atoms with van der Waals surface area (Å²) in [6, 6.07) is 11.6. The van der Waals surface area contributed by atoms with E-state index in [1.807, 2.05) is 36.4 Å². The first-order valence-corrected chi connectivity index (χ1v) is 16.2. The smallest absolute Gasteiger partial charge is 0.165 e. The van der Waals surface area contributed by atoms with Crippen molar-refractivity contribution in [3.63, 3.8) is 0 Å². The summed E-state index contributed by atoms with van der Waals surface area (Å²) in [4.78, 5) is 30.7. The van der Waals surface area contributed by atoms with Crippen molar-refractivity contribution in [2.75, 3.05) is 27.4 Å². The third-order valence-electron chi connectivity index (χ3n) is 9.15. The van der Waals surface area contributed by atoms with Gasteiger partial charge in [-0.3, -0.25) is 9.59 Å². The summed E-state index contributed by atoms with van der Waals surface area (Å²) in [7, 11) is 3.33. The minimum atomic E-state index is -0.476. The number of carbonyl (C=O) groups excluding carboxylic acids is 2. The summed E-state index contributed by atoms with van der Waals surface area (Å²) < 4.78 is 17.7. The van der Waals surface area contributed by atoms with Crippen LogP contribution in [0.3, 0.4) is 0 Å². The van der Waals surface area contributed by atoms with Crippen LogP contribution in [0.4, 0.5) is 0 Å². The van der Waals surface area contributed by atoms with Crippen molar-refractivity contribution >= 4 is 23.2 Å². The van der Waals surface area contributed by atoms with E-state index in [2.05, 4.69) is 45.2 Å². The van der Waals surface area contributed by atoms with Crippen molar-refractivity contribution in [2.45, 2.75) is 78.7 Å². The Kier molecular flexibility index (Phi) is 9.67. The zero-order valence-corrected chi connectivity index (χ0v) is 28.3. The highest BCUT2D eigenvalue weighted by molar-refractivity contribution is 6.31. The van der Waals surface area contributed by atoms with Gasteiger partial charge < -0.3 is 19.1 Å². The third kappa shape index (κ3) is 6.78. The fourth-order valence-electron chi connectivity index (χ4n) is 7.26. The molecule has 0 saturated carbocycles. The van der Waals surface area contributed by atoms with Gasteiger partial charge in [0, 0.05) is 77.7 Å². The zero-order chi connectivity index (χ0) is 32.5. The van der Waals surface area contributed by atoms with Crippen LogP contribution in [-0.4, -0.2) is 43.8 Å². The molecule has 0 spiro atoms. The predicted molar refractivity (Wildman–Crippen MR) is 179 cm³/mol. The molecule has 2 aromatic carbocycles. The van der Waals surface area contributed by atoms with E-state index >= 15 is 0 Å². The first-order chi connectivity index (χ1) is 21.4. The molecule has 1 heterocycles. The van der Waals surface area contributed by atoms with Gasteiger partial charge in [0.05, 0.1) is 7.11 Å². The van der Waals surface area contributed by atoms with E-state index in [1.54, 1.807) is 14.2 Å². The molecule has 0 bridgehead atoms. The van der Waals surface area contributed by atoms with Gasteiger partial charge >= 0.3 is 0 Å². The number of ketones is 2. The van der Waals surface area contributed by atoms with Crippen molar-refractivity contribution < 1.29 is 23.8 Å². The predicted octanol–water partition coefficient (Wildman–Crippen LogP) is 8.38. The lowest BCUT2D eigenvalue weighted by Gasteiger charge is -2.49. The van der Waals surface area contributed by atoms with Crippen molar-refractivity contribution in [1.29, 1.82) is 0 Å². The lowest BCUT2D eigenvalue weighted by atomic mass is 9.63. The fourth-order valence-corrected chi connectivity index (χ4v) is 7.45. The minimum absolute atomic E-state index is 0.107. The van der Waals surface area contributed by atoms with Gasteiger partial charge in [-0.1, -0.05) is 69.6 Å². The number of ether oxygens (including phenoxy) is 3. The van der Waals surface area contributed by atoms with Gasteiger partial charge in [-0.05, 0) is 54.2 Å². The Bertz CT molecular complexity index is 1510. The Morgan fingerprint density at radius 1 is 0.933 bits per heavy atom. The molecule has 0 atom stereocenters. The monoisotopic (exact) mass is 631 g/mol. The third-order valence-corrected chi connectivity index (χ3v) is 9.52. The first-order valence-electron chi connectivity index (χ1n) is 15.9. The second-order valence-corrected chi connectivity index (χ2v) is 14.5. The Morgan fingerprint density at radius 3 is 2.11 bits per heavy atom. The number of hydrogen-bond acceptors (Lipinski definition) is 6. The van der Waals surface area contributed by atoms with E-state index < -0.39 is 5.92 Å². The Hall–Kier alpha value is -3.35. The molecule has 2 aliphatic carbocycles. The van der Waals surface area contributed by atoms with Gasteiger partial charge in [0.15, 0.2) is 23.1 Å². The molecular formula is C38H46ClNO5. The summed E-state index contributed by atoms with van der Waals surface area (Å²) in [5, 5.41) is 0.632. The second kappa shape index (κ2) is 13.2. The second-order valence-electron chi connectivity index (χ2n) is 14.1. The van der Waals surface area contributed by atoms with Crippen LogP contribution in [0, 0.1) is 10.8 Å². The standard InChI is InChI=1S/C38H46ClNO5/c1-8-12-24-17-26(18-32(44-7)36(24)45-23-25-13-9-10-14-27(25)39)33-34-28(19-37(2,3)21-30(34)41)40(15-11-16-43-6)29-20-38(4,5)22-31(42)35(29)33/h8-10,13-14,17-18,33H,1,11-12,15-16,19-23H2,2-7H3. The molecule has 0 aromatic heterocycles. The molecule has 0 saturated heterocycles. The van der Waals surface area contributed by atoms with Gasteiger partial charge in [0.2, 0.25) is 0 Å². The van der Waals surface area contributed by atoms with Gasteiger partial charge in [-0.15, -0.1) is 6.58 Å². The Balaban J connectivity index is 1.69. The van der Waals surface area contributed by atoms with Crippen molar-refractivity contribution in [3.05, 3.63) is 93.3 Å². The lowest BCUT2D eigenvalue weighted by Crippen LogP contribution is -2.44. The van der Waals surface area contributed by atoms with Crippen LogP contribution >= 0.6 is 11.6 Å². The molecule has 0 radical (unpaired) electrons. The molecule has 240 valence electrons. The summed E-state index contributed by atoms with van der Waals surface area (Å²) in [6.45, 7) is 14.2. The van der Waals surface area contributed by atoms with Crippen LogP contribution in [0.25, 0.3) is 0 Å². The number of halogens is 1. The van der Waals surface area contributed by atoms with Gasteiger partial charge in [0.1, 0.15) is 6.61 Å². The van der Waals surface area contributed by atoms with Crippen LogP contribution in [0.5, 0.6) is 11.5 Å². The van der Waals surface area contributed by atoms with Crippen LogP contribution in [0.1, 0.15) is 82.4 Å². The van der Waals surface area contributed by atoms with Crippen LogP contribution in [0.2, 0.25) is 5.02 Å². The van der Waals surface area contributed by atoms with Crippen LogP contribution in [0.15, 0.2) is 71.6 Å². The summed E-state index contributed by atoms with van der Waals surface area (Å²) in [6.07, 6.45) is 5.55. The summed E-state index contributed by atoms with van der Waals surface area (Å²) >= 11 is 6.43. The first kappa shape index (κ1) is 33.0. The highest BCUT2D eigenvalue weighted by Crippen LogP contribution is 2.55. The van der Waals surface area contributed by atoms with Gasteiger partial charge in [-0.25, -0.2) is 0 Å². The maximum atomic E-state index is 14.2. The molecule has 7 heteroatoms. The van der Waals surface area contributed by atoms with E-state index in [-0.39, 0.29) is 29.0 Å². The number of hydrogen-bond donors (Lipinski definition) is 0. The molecule has 0 amide bonds. The molecule has 0 unspecified atom stereocenters. The number of methoxy groups -OCH3 is 2. The number of rotatable bonds is 11. The average Bonchev–Trinajstić information content (AvgIpc) is 2.96. The molecule has 3 aliphatic rings. The fraction of sp³-hybridized carbons (Fsp3) is 0.474. The van der Waals surface area contributed by atoms with E-state index in [0.717, 1.165) is 58.5 Å². The normalized spacial score (nSPS) is 19.4. The van der Waals surface area contributed by atoms with Gasteiger partial charge in [-0.2, -0.15) is 0 Å². The number of carbonyl (C=O) groups is 2. The minimum Gasteiger partial charge on any atom is -0.493 e. The molecule has 2 aromatic rings. The highest BCUT2D eigenvalue weighted by Gasteiger charge is 2.49. The van der Waals surface area contributed by atoms with Gasteiger partial charge in [0.25, 0.3) is 0 Å². The van der Waals surface area contributed by atoms with E-state index in [4.69, 9.17) is 25.8 Å². The molecule has 0 N–H and O–H groups in total. The van der Waals surface area contributed by atoms with E-state index in [0.29, 0.717) is 48.9 Å². The van der Waals surface area contributed by atoms with Crippen LogP contribution < -0.4 is 9.47 Å². The number of allylic oxidation sites excluding steroid dienone is 5. The van der Waals surface area contributed by atoms with Crippen molar-refractivity contribution in [2.24, 2.45) is 10.8 Å². The zero-order valence-electron chi connectivity index (χ0n) is 27.6. The average molecular weight is 632 g/mol. The highest BCUT2D eigenvalue weighted by atomic mass is 35.5. The van der Waals surface area contributed by atoms with Crippen LogP contribution in [-0.2, 0) is 27.4 Å². The summed E-state index contributed by atoms with van der Waals surface area (Å²) in [5.41, 5.74) is 5.82. The maximum absolute atomic E-state index is 14.2. The quantitative estimate of drug-likeness (QED) is 0.183. The Morgan fingerprint density at radius 2 is 1.56 bits per heavy atom. The number of benzene rings is 2. The molecule has 1 aliphatic heterocycles. The number of Topliss-reactive ketones (excluding diaryl/α,β-unsaturated/α-hetero) is 2. The Labute approximate surface area is 273 Å². The molecule has 0 fully saturated rings. The largest absolute Gasteiger partial charge is 0.493 e. The lowest BCUT2D eigenvalue weighted by molar-refractivity contribution is -0.119. The molecule has 6 nitrogen and oxygen atoms in total. The van der Waals surface area contributed by atoms with E-state index in [9.17, 15) is 9.59 Å². The van der Waals surface area contributed by atoms with Crippen molar-refractivity contribution in [1.82, 2.24) is 4.90 Å². The molecular weight excluding hydrogens is 586 g/mol. The topological polar surface area (TPSA) is 65.1 Å². The molecule has 45 heavy (non-hydrogen) atoms.